The van der Waals surface area contributed by atoms with Crippen LogP contribution in [0.4, 0.5) is 25.1 Å². The van der Waals surface area contributed by atoms with E-state index in [4.69, 9.17) is 4.52 Å². The molecule has 2 unspecified atom stereocenters. The fraction of sp³-hybridized carbons (Fsp3) is 0.565. The van der Waals surface area contributed by atoms with Crippen LogP contribution in [0.25, 0.3) is 0 Å². The Bertz CT molecular complexity index is 1230. The van der Waals surface area contributed by atoms with E-state index in [2.05, 4.69) is 30.4 Å². The molecule has 3 aliphatic rings. The van der Waals surface area contributed by atoms with Gasteiger partial charge in [-0.2, -0.15) is 9.97 Å². The van der Waals surface area contributed by atoms with Gasteiger partial charge in [-0.3, -0.25) is 0 Å². The molecule has 1 aliphatic carbocycles. The first-order valence-electron chi connectivity index (χ1n) is 11.8. The molecule has 0 spiro atoms. The summed E-state index contributed by atoms with van der Waals surface area (Å²) in [5, 5.41) is 11.9. The summed E-state index contributed by atoms with van der Waals surface area (Å²) in [4.78, 5) is 11.2. The Morgan fingerprint density at radius 2 is 2.06 bits per heavy atom. The van der Waals surface area contributed by atoms with E-state index in [-0.39, 0.29) is 11.0 Å². The zero-order valence-electron chi connectivity index (χ0n) is 18.9. The van der Waals surface area contributed by atoms with Gasteiger partial charge >= 0.3 is 6.01 Å². The molecule has 1 N–H and O–H groups in total. The quantitative estimate of drug-likeness (QED) is 0.560. The monoisotopic (exact) mass is 473 g/mol. The van der Waals surface area contributed by atoms with E-state index in [0.29, 0.717) is 49.0 Å². The van der Waals surface area contributed by atoms with E-state index in [1.54, 1.807) is 4.68 Å². The highest BCUT2D eigenvalue weighted by Gasteiger charge is 2.46. The number of anilines is 2. The van der Waals surface area contributed by atoms with E-state index in [0.717, 1.165) is 44.8 Å². The van der Waals surface area contributed by atoms with Gasteiger partial charge in [-0.25, -0.2) is 17.9 Å². The van der Waals surface area contributed by atoms with Gasteiger partial charge in [0.05, 0.1) is 0 Å². The fourth-order valence-corrected chi connectivity index (χ4v) is 5.98. The summed E-state index contributed by atoms with van der Waals surface area (Å²) in [6.07, 6.45) is 4.70. The van der Waals surface area contributed by atoms with Crippen molar-refractivity contribution in [2.75, 3.05) is 29.9 Å². The predicted octanol–water partition coefficient (Wildman–Crippen LogP) is 4.03. The maximum atomic E-state index is 14.5. The van der Waals surface area contributed by atoms with Crippen LogP contribution < -0.4 is 10.2 Å². The summed E-state index contributed by atoms with van der Waals surface area (Å²) in [5.41, 5.74) is 0.164. The Balaban J connectivity index is 1.21. The molecule has 8 nitrogen and oxygen atoms in total. The molecule has 1 aromatic carbocycles. The van der Waals surface area contributed by atoms with Crippen molar-refractivity contribution in [3.63, 3.8) is 0 Å². The van der Waals surface area contributed by atoms with Gasteiger partial charge in [0, 0.05) is 43.1 Å². The number of hydrogen-bond acceptors (Lipinski definition) is 7. The van der Waals surface area contributed by atoms with Crippen LogP contribution in [0, 0.1) is 35.7 Å². The molecule has 0 radical (unpaired) electrons. The van der Waals surface area contributed by atoms with Crippen molar-refractivity contribution in [3.8, 4) is 0 Å². The SMILES string of the molecule is Cc1noc(N2C[C@@H]3CCC(CNc4nc5n(n4)CCCC5c4ccc(F)c(F)c4F)(C3)C2)n1. The van der Waals surface area contributed by atoms with Gasteiger partial charge in [0.1, 0.15) is 5.82 Å². The van der Waals surface area contributed by atoms with E-state index < -0.39 is 23.4 Å². The zero-order chi connectivity index (χ0) is 23.4. The van der Waals surface area contributed by atoms with Crippen molar-refractivity contribution >= 4 is 12.0 Å². The Morgan fingerprint density at radius 3 is 2.88 bits per heavy atom. The first-order chi connectivity index (χ1) is 16.4. The van der Waals surface area contributed by atoms with Crippen LogP contribution in [-0.2, 0) is 6.54 Å². The number of benzene rings is 1. The highest BCUT2D eigenvalue weighted by Crippen LogP contribution is 2.47. The molecular formula is C23H26F3N7O. The Hall–Kier alpha value is -3.11. The lowest BCUT2D eigenvalue weighted by Crippen LogP contribution is -2.46. The number of hydrogen-bond donors (Lipinski definition) is 1. The molecule has 1 saturated carbocycles. The zero-order valence-corrected chi connectivity index (χ0v) is 18.9. The van der Waals surface area contributed by atoms with Crippen molar-refractivity contribution in [2.45, 2.75) is 51.5 Å². The van der Waals surface area contributed by atoms with Crippen LogP contribution in [0.1, 0.15) is 55.2 Å². The van der Waals surface area contributed by atoms with Crippen molar-refractivity contribution < 1.29 is 17.7 Å². The second-order valence-corrected chi connectivity index (χ2v) is 9.94. The molecule has 34 heavy (non-hydrogen) atoms. The summed E-state index contributed by atoms with van der Waals surface area (Å²) in [6, 6.07) is 2.85. The van der Waals surface area contributed by atoms with Crippen LogP contribution in [0.5, 0.6) is 0 Å². The highest BCUT2D eigenvalue weighted by atomic mass is 19.2. The van der Waals surface area contributed by atoms with Crippen molar-refractivity contribution in [1.29, 1.82) is 0 Å². The van der Waals surface area contributed by atoms with Gasteiger partial charge in [-0.1, -0.05) is 11.2 Å². The Kier molecular flexibility index (Phi) is 5.03. The lowest BCUT2D eigenvalue weighted by atomic mass is 9.82. The van der Waals surface area contributed by atoms with E-state index in [1.165, 1.54) is 6.07 Å². The number of nitrogens with zero attached hydrogens (tertiary/aromatic N) is 6. The standard InChI is InChI=1S/C23H26F3N7O/c1-13-28-22(34-31-13)32-10-14-6-7-23(9-14,12-32)11-27-21-29-20-16(3-2-8-33(20)30-21)15-4-5-17(24)19(26)18(15)25/h4-5,14,16H,2-3,6-12H2,1H3,(H,27,30)/t14-,16?,23?/m1/s1. The molecule has 2 bridgehead atoms. The molecule has 3 atom stereocenters. The van der Waals surface area contributed by atoms with E-state index >= 15 is 0 Å². The first-order valence-corrected chi connectivity index (χ1v) is 11.8. The smallest absolute Gasteiger partial charge is 0.324 e. The second-order valence-electron chi connectivity index (χ2n) is 9.94. The number of rotatable bonds is 5. The first kappa shape index (κ1) is 21.4. The van der Waals surface area contributed by atoms with Crippen molar-refractivity contribution in [2.24, 2.45) is 11.3 Å². The summed E-state index contributed by atoms with van der Waals surface area (Å²) in [6.45, 7) is 4.90. The minimum absolute atomic E-state index is 0.0443. The number of fused-ring (bicyclic) bond motifs is 3. The normalized spacial score (nSPS) is 26.1. The summed E-state index contributed by atoms with van der Waals surface area (Å²) < 4.78 is 49.0. The molecule has 1 saturated heterocycles. The Labute approximate surface area is 194 Å². The molecule has 2 fully saturated rings. The highest BCUT2D eigenvalue weighted by molar-refractivity contribution is 5.34. The van der Waals surface area contributed by atoms with Crippen molar-refractivity contribution in [1.82, 2.24) is 24.9 Å². The van der Waals surface area contributed by atoms with Crippen LogP contribution in [0.15, 0.2) is 16.7 Å². The molecule has 3 aromatic rings. The van der Waals surface area contributed by atoms with E-state index in [9.17, 15) is 13.2 Å². The Morgan fingerprint density at radius 1 is 1.18 bits per heavy atom. The summed E-state index contributed by atoms with van der Waals surface area (Å²) in [7, 11) is 0. The average Bonchev–Trinajstić information content (AvgIpc) is 3.53. The molecule has 2 aliphatic heterocycles. The van der Waals surface area contributed by atoms with Crippen LogP contribution in [0.3, 0.4) is 0 Å². The van der Waals surface area contributed by atoms with Crippen molar-refractivity contribution in [3.05, 3.63) is 46.8 Å². The van der Waals surface area contributed by atoms with Crippen LogP contribution in [-0.4, -0.2) is 44.5 Å². The van der Waals surface area contributed by atoms with Gasteiger partial charge in [0.25, 0.3) is 0 Å². The van der Waals surface area contributed by atoms with Gasteiger partial charge in [-0.15, -0.1) is 5.10 Å². The number of nitrogens with one attached hydrogen (secondary N) is 1. The lowest BCUT2D eigenvalue weighted by molar-refractivity contribution is 0.260. The number of aryl methyl sites for hydroxylation is 2. The molecule has 6 rings (SSSR count). The molecule has 4 heterocycles. The van der Waals surface area contributed by atoms with Gasteiger partial charge < -0.3 is 14.7 Å². The minimum atomic E-state index is -1.44. The molecule has 0 amide bonds. The van der Waals surface area contributed by atoms with E-state index in [1.807, 2.05) is 6.92 Å². The predicted molar refractivity (Wildman–Crippen MR) is 117 cm³/mol. The van der Waals surface area contributed by atoms with Gasteiger partial charge in [-0.05, 0) is 51.0 Å². The maximum Gasteiger partial charge on any atom is 0.324 e. The summed E-state index contributed by atoms with van der Waals surface area (Å²) >= 11 is 0. The number of aromatic nitrogens is 5. The molecule has 180 valence electrons. The average molecular weight is 474 g/mol. The van der Waals surface area contributed by atoms with Gasteiger partial charge in [0.15, 0.2) is 23.3 Å². The number of halogens is 3. The number of piperidine rings is 1. The van der Waals surface area contributed by atoms with Crippen LogP contribution in [0.2, 0.25) is 0 Å². The minimum Gasteiger partial charge on any atom is -0.352 e. The van der Waals surface area contributed by atoms with Crippen LogP contribution >= 0.6 is 0 Å². The second kappa shape index (κ2) is 7.99. The third-order valence-corrected chi connectivity index (χ3v) is 7.53. The lowest BCUT2D eigenvalue weighted by Gasteiger charge is -2.39. The van der Waals surface area contributed by atoms with Gasteiger partial charge in [0.2, 0.25) is 5.95 Å². The molecular weight excluding hydrogens is 447 g/mol. The molecule has 11 heteroatoms. The largest absolute Gasteiger partial charge is 0.352 e. The maximum absolute atomic E-state index is 14.5. The molecule has 2 aromatic heterocycles. The third kappa shape index (κ3) is 3.61. The third-order valence-electron chi connectivity index (χ3n) is 7.53. The fourth-order valence-electron chi connectivity index (χ4n) is 5.98. The summed E-state index contributed by atoms with van der Waals surface area (Å²) in [5.74, 6) is -1.99. The topological polar surface area (TPSA) is 84.9 Å².